The van der Waals surface area contributed by atoms with E-state index in [4.69, 9.17) is 15.2 Å². The molecule has 0 amide bonds. The topological polar surface area (TPSA) is 44.5 Å². The predicted octanol–water partition coefficient (Wildman–Crippen LogP) is 3.25. The monoisotopic (exact) mass is 275 g/mol. The second-order valence-electron chi connectivity index (χ2n) is 6.31. The quantitative estimate of drug-likeness (QED) is 0.866. The Hall–Kier alpha value is -1.22. The average Bonchev–Trinajstić information content (AvgIpc) is 3.20. The van der Waals surface area contributed by atoms with Crippen LogP contribution in [0.15, 0.2) is 18.2 Å². The van der Waals surface area contributed by atoms with Gasteiger partial charge in [0, 0.05) is 12.0 Å². The van der Waals surface area contributed by atoms with Crippen molar-refractivity contribution in [1.29, 1.82) is 0 Å². The minimum atomic E-state index is 0.155. The van der Waals surface area contributed by atoms with Crippen molar-refractivity contribution in [1.82, 2.24) is 0 Å². The van der Waals surface area contributed by atoms with Gasteiger partial charge in [-0.1, -0.05) is 18.9 Å². The fourth-order valence-electron chi connectivity index (χ4n) is 3.27. The van der Waals surface area contributed by atoms with Crippen LogP contribution in [0.4, 0.5) is 0 Å². The lowest BCUT2D eigenvalue weighted by Gasteiger charge is -2.28. The van der Waals surface area contributed by atoms with Crippen LogP contribution in [0.3, 0.4) is 0 Å². The van der Waals surface area contributed by atoms with Gasteiger partial charge >= 0.3 is 0 Å². The van der Waals surface area contributed by atoms with Gasteiger partial charge in [-0.15, -0.1) is 0 Å². The van der Waals surface area contributed by atoms with Gasteiger partial charge in [-0.3, -0.25) is 0 Å². The maximum absolute atomic E-state index is 6.06. The van der Waals surface area contributed by atoms with E-state index in [1.54, 1.807) is 7.11 Å². The number of nitrogens with two attached hydrogens (primary N) is 1. The minimum Gasteiger partial charge on any atom is -0.493 e. The summed E-state index contributed by atoms with van der Waals surface area (Å²) in [7, 11) is 1.72. The van der Waals surface area contributed by atoms with Crippen molar-refractivity contribution in [2.24, 2.45) is 11.7 Å². The molecule has 0 atom stereocenters. The van der Waals surface area contributed by atoms with Crippen LogP contribution < -0.4 is 15.2 Å². The Kier molecular flexibility index (Phi) is 3.88. The van der Waals surface area contributed by atoms with E-state index in [-0.39, 0.29) is 5.41 Å². The number of methoxy groups -OCH3 is 1. The number of benzene rings is 1. The van der Waals surface area contributed by atoms with Gasteiger partial charge in [0.1, 0.15) is 0 Å². The van der Waals surface area contributed by atoms with Crippen LogP contribution in [0.25, 0.3) is 0 Å². The van der Waals surface area contributed by atoms with Crippen LogP contribution >= 0.6 is 0 Å². The van der Waals surface area contributed by atoms with Gasteiger partial charge < -0.3 is 15.2 Å². The molecule has 0 saturated heterocycles. The fourth-order valence-corrected chi connectivity index (χ4v) is 3.27. The Morgan fingerprint density at radius 3 is 2.55 bits per heavy atom. The molecule has 3 nitrogen and oxygen atoms in total. The second kappa shape index (κ2) is 5.65. The summed E-state index contributed by atoms with van der Waals surface area (Å²) in [6, 6.07) is 6.38. The van der Waals surface area contributed by atoms with Gasteiger partial charge in [-0.2, -0.15) is 0 Å². The van der Waals surface area contributed by atoms with E-state index in [1.807, 2.05) is 0 Å². The summed E-state index contributed by atoms with van der Waals surface area (Å²) in [6.45, 7) is 1.54. The van der Waals surface area contributed by atoms with Gasteiger partial charge in [0.15, 0.2) is 11.5 Å². The smallest absolute Gasteiger partial charge is 0.161 e. The second-order valence-corrected chi connectivity index (χ2v) is 6.31. The van der Waals surface area contributed by atoms with Crippen LogP contribution in [-0.2, 0) is 5.41 Å². The van der Waals surface area contributed by atoms with Crippen LogP contribution in [0.1, 0.15) is 44.1 Å². The molecule has 0 bridgehead atoms. The molecule has 0 radical (unpaired) electrons. The standard InChI is InChI=1S/C17H25NO2/c1-19-16-10-14(17(12-18)8-2-3-9-17)6-7-15(16)20-11-13-4-5-13/h6-7,10,13H,2-5,8-9,11-12,18H2,1H3. The maximum atomic E-state index is 6.06. The lowest BCUT2D eigenvalue weighted by Crippen LogP contribution is -2.31. The Labute approximate surface area is 121 Å². The Morgan fingerprint density at radius 1 is 1.20 bits per heavy atom. The van der Waals surface area contributed by atoms with Crippen molar-refractivity contribution in [3.63, 3.8) is 0 Å². The lowest BCUT2D eigenvalue weighted by atomic mass is 9.79. The van der Waals surface area contributed by atoms with Crippen molar-refractivity contribution in [2.75, 3.05) is 20.3 Å². The van der Waals surface area contributed by atoms with Crippen molar-refractivity contribution < 1.29 is 9.47 Å². The number of hydrogen-bond donors (Lipinski definition) is 1. The van der Waals surface area contributed by atoms with E-state index in [0.29, 0.717) is 0 Å². The summed E-state index contributed by atoms with van der Waals surface area (Å²) in [5, 5.41) is 0. The van der Waals surface area contributed by atoms with Gasteiger partial charge in [-0.05, 0) is 49.3 Å². The molecule has 2 N–H and O–H groups in total. The van der Waals surface area contributed by atoms with Crippen LogP contribution in [0.5, 0.6) is 11.5 Å². The maximum Gasteiger partial charge on any atom is 0.161 e. The first kappa shape index (κ1) is 13.7. The summed E-state index contributed by atoms with van der Waals surface area (Å²) in [6.07, 6.45) is 7.54. The molecule has 3 heteroatoms. The third-order valence-corrected chi connectivity index (χ3v) is 4.90. The highest BCUT2D eigenvalue weighted by Gasteiger charge is 2.34. The van der Waals surface area contributed by atoms with Gasteiger partial charge in [0.05, 0.1) is 13.7 Å². The van der Waals surface area contributed by atoms with Gasteiger partial charge in [0.25, 0.3) is 0 Å². The third kappa shape index (κ3) is 2.64. The molecule has 2 aliphatic rings. The third-order valence-electron chi connectivity index (χ3n) is 4.90. The van der Waals surface area contributed by atoms with E-state index >= 15 is 0 Å². The molecule has 110 valence electrons. The zero-order valence-electron chi connectivity index (χ0n) is 12.4. The molecule has 2 fully saturated rings. The number of rotatable bonds is 6. The highest BCUT2D eigenvalue weighted by atomic mass is 16.5. The highest BCUT2D eigenvalue weighted by molar-refractivity contribution is 5.45. The Morgan fingerprint density at radius 2 is 1.95 bits per heavy atom. The first-order valence-electron chi connectivity index (χ1n) is 7.79. The largest absolute Gasteiger partial charge is 0.493 e. The molecule has 0 heterocycles. The first-order valence-corrected chi connectivity index (χ1v) is 7.79. The molecule has 0 unspecified atom stereocenters. The molecule has 0 aromatic heterocycles. The zero-order chi connectivity index (χ0) is 14.0. The van der Waals surface area contributed by atoms with E-state index in [2.05, 4.69) is 18.2 Å². The molecule has 0 aliphatic heterocycles. The SMILES string of the molecule is COc1cc(C2(CN)CCCC2)ccc1OCC1CC1. The normalized spacial score (nSPS) is 20.9. The molecule has 1 aromatic carbocycles. The Bertz CT molecular complexity index is 462. The lowest BCUT2D eigenvalue weighted by molar-refractivity contribution is 0.279. The van der Waals surface area contributed by atoms with Crippen LogP contribution in [0, 0.1) is 5.92 Å². The molecule has 2 aliphatic carbocycles. The molecular weight excluding hydrogens is 250 g/mol. The fraction of sp³-hybridized carbons (Fsp3) is 0.647. The first-order chi connectivity index (χ1) is 9.77. The van der Waals surface area contributed by atoms with Crippen LogP contribution in [-0.4, -0.2) is 20.3 Å². The molecule has 0 spiro atoms. The molecule has 1 aromatic rings. The van der Waals surface area contributed by atoms with E-state index < -0.39 is 0 Å². The van der Waals surface area contributed by atoms with Crippen molar-refractivity contribution in [3.05, 3.63) is 23.8 Å². The van der Waals surface area contributed by atoms with Crippen molar-refractivity contribution in [2.45, 2.75) is 43.9 Å². The predicted molar refractivity (Wildman–Crippen MR) is 80.4 cm³/mol. The molecule has 3 rings (SSSR count). The number of ether oxygens (including phenoxy) is 2. The Balaban J connectivity index is 1.81. The average molecular weight is 275 g/mol. The number of hydrogen-bond acceptors (Lipinski definition) is 3. The minimum absolute atomic E-state index is 0.155. The van der Waals surface area contributed by atoms with Gasteiger partial charge in [-0.25, -0.2) is 0 Å². The molecule has 20 heavy (non-hydrogen) atoms. The van der Waals surface area contributed by atoms with Crippen molar-refractivity contribution >= 4 is 0 Å². The van der Waals surface area contributed by atoms with E-state index in [9.17, 15) is 0 Å². The highest BCUT2D eigenvalue weighted by Crippen LogP contribution is 2.43. The molecule has 2 saturated carbocycles. The van der Waals surface area contributed by atoms with E-state index in [0.717, 1.165) is 30.6 Å². The zero-order valence-corrected chi connectivity index (χ0v) is 12.4. The summed E-state index contributed by atoms with van der Waals surface area (Å²) in [4.78, 5) is 0. The summed E-state index contributed by atoms with van der Waals surface area (Å²) in [5.74, 6) is 2.47. The summed E-state index contributed by atoms with van der Waals surface area (Å²) < 4.78 is 11.4. The summed E-state index contributed by atoms with van der Waals surface area (Å²) in [5.41, 5.74) is 7.53. The van der Waals surface area contributed by atoms with E-state index in [1.165, 1.54) is 44.1 Å². The van der Waals surface area contributed by atoms with Crippen molar-refractivity contribution in [3.8, 4) is 11.5 Å². The van der Waals surface area contributed by atoms with Gasteiger partial charge in [0.2, 0.25) is 0 Å². The summed E-state index contributed by atoms with van der Waals surface area (Å²) >= 11 is 0. The van der Waals surface area contributed by atoms with Crippen LogP contribution in [0.2, 0.25) is 0 Å². The molecular formula is C17H25NO2.